The zero-order valence-corrected chi connectivity index (χ0v) is 22.9. The molecule has 0 radical (unpaired) electrons. The van der Waals surface area contributed by atoms with Crippen LogP contribution >= 0.6 is 0 Å². The molecule has 10 heteroatoms. The van der Waals surface area contributed by atoms with Crippen LogP contribution < -0.4 is 9.64 Å². The van der Waals surface area contributed by atoms with Crippen molar-refractivity contribution in [1.29, 1.82) is 0 Å². The molecule has 0 aromatic carbocycles. The molecule has 2 saturated heterocycles. The summed E-state index contributed by atoms with van der Waals surface area (Å²) in [6.07, 6.45) is 8.42. The van der Waals surface area contributed by atoms with Gasteiger partial charge in [0, 0.05) is 43.9 Å². The fraction of sp³-hybridized carbons (Fsp3) is 0.696. The molecule has 0 amide bonds. The molecule has 182 valence electrons. The normalized spacial score (nSPS) is 21.4. The van der Waals surface area contributed by atoms with Gasteiger partial charge in [0.2, 0.25) is 5.88 Å². The number of methoxy groups -OCH3 is 1. The largest absolute Gasteiger partial charge is 0.481 e. The highest BCUT2D eigenvalue weighted by atomic mass is 32.2. The summed E-state index contributed by atoms with van der Waals surface area (Å²) in [7, 11) is -2.73. The van der Waals surface area contributed by atoms with Crippen molar-refractivity contribution < 1.29 is 8.95 Å². The lowest BCUT2D eigenvalue weighted by molar-refractivity contribution is 0.235. The van der Waals surface area contributed by atoms with Crippen molar-refractivity contribution >= 4 is 34.9 Å². The standard InChI is InChI=1S/C23H38N6O2SSi/c1-22(2,3)33(6,7)27-32(5,30)29-13-10-23(16-29)8-11-28(12-9-23)21-18-14-20(31-4)24-15-19(18)25-17-26-21/h14-15,17H,8-13,16H2,1-7H3. The SMILES string of the molecule is COc1cc2c(N3CCC4(CC3)CCN(S(C)(=O)=N[Si](C)(C)C(C)(C)C)C4)ncnc2cn1. The van der Waals surface area contributed by atoms with Crippen molar-refractivity contribution in [2.75, 3.05) is 44.4 Å². The topological polar surface area (TPSA) is 83.8 Å². The zero-order valence-electron chi connectivity index (χ0n) is 21.1. The summed E-state index contributed by atoms with van der Waals surface area (Å²) < 4.78 is 26.2. The number of aromatic nitrogens is 3. The first-order chi connectivity index (χ1) is 15.4. The molecule has 0 bridgehead atoms. The van der Waals surface area contributed by atoms with Crippen molar-refractivity contribution in [3.8, 4) is 5.88 Å². The van der Waals surface area contributed by atoms with Gasteiger partial charge in [-0.3, -0.25) is 4.03 Å². The van der Waals surface area contributed by atoms with E-state index >= 15 is 0 Å². The summed E-state index contributed by atoms with van der Waals surface area (Å²) in [6, 6.07) is 1.92. The Morgan fingerprint density at radius 2 is 1.79 bits per heavy atom. The van der Waals surface area contributed by atoms with Crippen LogP contribution in [-0.4, -0.2) is 71.2 Å². The molecule has 2 fully saturated rings. The van der Waals surface area contributed by atoms with Crippen molar-refractivity contribution in [2.45, 2.75) is 58.2 Å². The second-order valence-corrected chi connectivity index (χ2v) is 18.6. The predicted molar refractivity (Wildman–Crippen MR) is 138 cm³/mol. The minimum atomic E-state index is -2.36. The van der Waals surface area contributed by atoms with E-state index in [4.69, 9.17) is 8.77 Å². The fourth-order valence-corrected chi connectivity index (χ4v) is 10.6. The molecule has 1 unspecified atom stereocenters. The number of hydrogen-bond donors (Lipinski definition) is 0. The molecule has 2 aliphatic heterocycles. The number of anilines is 1. The Labute approximate surface area is 199 Å². The zero-order chi connectivity index (χ0) is 24.1. The van der Waals surface area contributed by atoms with Crippen LogP contribution in [-0.2, 0) is 9.92 Å². The predicted octanol–water partition coefficient (Wildman–Crippen LogP) is 4.34. The molecule has 1 atom stereocenters. The summed E-state index contributed by atoms with van der Waals surface area (Å²) in [5.74, 6) is 1.51. The van der Waals surface area contributed by atoms with E-state index in [1.807, 2.05) is 12.3 Å². The molecule has 0 N–H and O–H groups in total. The molecule has 33 heavy (non-hydrogen) atoms. The van der Waals surface area contributed by atoms with E-state index in [0.717, 1.165) is 62.2 Å². The summed E-state index contributed by atoms with van der Waals surface area (Å²) in [4.78, 5) is 15.6. The van der Waals surface area contributed by atoms with Gasteiger partial charge in [-0.15, -0.1) is 0 Å². The van der Waals surface area contributed by atoms with E-state index in [2.05, 4.69) is 58.0 Å². The third-order valence-electron chi connectivity index (χ3n) is 7.92. The van der Waals surface area contributed by atoms with Gasteiger partial charge < -0.3 is 9.64 Å². The van der Waals surface area contributed by atoms with Crippen LogP contribution in [0.2, 0.25) is 18.1 Å². The Bertz CT molecular complexity index is 1150. The van der Waals surface area contributed by atoms with Crippen LogP contribution in [0.4, 0.5) is 5.82 Å². The molecule has 0 saturated carbocycles. The van der Waals surface area contributed by atoms with E-state index in [-0.39, 0.29) is 10.5 Å². The number of fused-ring (bicyclic) bond motifs is 1. The number of hydrogen-bond acceptors (Lipinski definition) is 7. The van der Waals surface area contributed by atoms with E-state index in [0.29, 0.717) is 5.88 Å². The molecule has 8 nitrogen and oxygen atoms in total. The van der Waals surface area contributed by atoms with E-state index < -0.39 is 18.2 Å². The van der Waals surface area contributed by atoms with E-state index in [1.165, 1.54) is 0 Å². The highest BCUT2D eigenvalue weighted by Gasteiger charge is 2.44. The number of ether oxygens (including phenoxy) is 1. The quantitative estimate of drug-likeness (QED) is 0.593. The van der Waals surface area contributed by atoms with E-state index in [9.17, 15) is 4.21 Å². The molecule has 2 aliphatic rings. The number of pyridine rings is 1. The van der Waals surface area contributed by atoms with Gasteiger partial charge >= 0.3 is 0 Å². The lowest BCUT2D eigenvalue weighted by atomic mass is 9.78. The maximum Gasteiger partial charge on any atom is 0.213 e. The number of piperidine rings is 1. The van der Waals surface area contributed by atoms with Crippen LogP contribution in [0.5, 0.6) is 5.88 Å². The molecule has 0 aliphatic carbocycles. The Morgan fingerprint density at radius 1 is 1.12 bits per heavy atom. The summed E-state index contributed by atoms with van der Waals surface area (Å²) in [6.45, 7) is 14.7. The van der Waals surface area contributed by atoms with Gasteiger partial charge in [-0.1, -0.05) is 20.8 Å². The average molecular weight is 491 g/mol. The first-order valence-corrected chi connectivity index (χ1v) is 16.6. The maximum atomic E-state index is 13.7. The average Bonchev–Trinajstić information content (AvgIpc) is 3.17. The summed E-state index contributed by atoms with van der Waals surface area (Å²) >= 11 is 0. The lowest BCUT2D eigenvalue weighted by Gasteiger charge is -2.40. The molecule has 2 aromatic heterocycles. The highest BCUT2D eigenvalue weighted by molar-refractivity contribution is 7.91. The van der Waals surface area contributed by atoms with Crippen molar-refractivity contribution in [3.05, 3.63) is 18.6 Å². The smallest absolute Gasteiger partial charge is 0.213 e. The van der Waals surface area contributed by atoms with Crippen LogP contribution in [0.25, 0.3) is 10.9 Å². The van der Waals surface area contributed by atoms with E-state index in [1.54, 1.807) is 19.6 Å². The first-order valence-electron chi connectivity index (χ1n) is 11.7. The van der Waals surface area contributed by atoms with Crippen molar-refractivity contribution in [2.24, 2.45) is 9.44 Å². The Hall–Kier alpha value is -1.78. The maximum absolute atomic E-state index is 13.7. The number of nitrogens with zero attached hydrogens (tertiary/aromatic N) is 6. The summed E-state index contributed by atoms with van der Waals surface area (Å²) in [5.41, 5.74) is 1.03. The van der Waals surface area contributed by atoms with Gasteiger partial charge in [-0.05, 0) is 42.8 Å². The van der Waals surface area contributed by atoms with Gasteiger partial charge in [0.25, 0.3) is 0 Å². The minimum Gasteiger partial charge on any atom is -0.481 e. The van der Waals surface area contributed by atoms with Gasteiger partial charge in [-0.2, -0.15) is 0 Å². The monoisotopic (exact) mass is 490 g/mol. The second-order valence-electron chi connectivity index (χ2n) is 11.2. The van der Waals surface area contributed by atoms with Gasteiger partial charge in [0.05, 0.1) is 28.7 Å². The van der Waals surface area contributed by atoms with Crippen molar-refractivity contribution in [3.63, 3.8) is 0 Å². The van der Waals surface area contributed by atoms with Crippen LogP contribution in [0.1, 0.15) is 40.0 Å². The molecule has 1 spiro atoms. The van der Waals surface area contributed by atoms with Crippen LogP contribution in [0.3, 0.4) is 0 Å². The Kier molecular flexibility index (Phi) is 6.24. The number of rotatable bonds is 4. The third kappa shape index (κ3) is 4.74. The van der Waals surface area contributed by atoms with Crippen LogP contribution in [0.15, 0.2) is 22.6 Å². The Morgan fingerprint density at radius 3 is 2.42 bits per heavy atom. The summed E-state index contributed by atoms with van der Waals surface area (Å²) in [5, 5.41) is 1.06. The third-order valence-corrected chi connectivity index (χ3v) is 16.0. The first kappa shape index (κ1) is 24.3. The lowest BCUT2D eigenvalue weighted by Crippen LogP contribution is -2.43. The highest BCUT2D eigenvalue weighted by Crippen LogP contribution is 2.44. The van der Waals surface area contributed by atoms with Crippen molar-refractivity contribution in [1.82, 2.24) is 19.3 Å². The van der Waals surface area contributed by atoms with Gasteiger partial charge in [0.15, 0.2) is 8.24 Å². The minimum absolute atomic E-state index is 0.0902. The molecule has 2 aromatic rings. The molecular formula is C23H38N6O2SSi. The fourth-order valence-electron chi connectivity index (χ4n) is 4.69. The molecule has 4 heterocycles. The molecular weight excluding hydrogens is 452 g/mol. The van der Waals surface area contributed by atoms with Crippen LogP contribution in [0, 0.1) is 5.41 Å². The Balaban J connectivity index is 1.50. The van der Waals surface area contributed by atoms with Gasteiger partial charge in [0.1, 0.15) is 12.1 Å². The molecule has 4 rings (SSSR count). The van der Waals surface area contributed by atoms with Gasteiger partial charge in [-0.25, -0.2) is 23.5 Å². The second kappa shape index (κ2) is 8.46.